The Hall–Kier alpha value is -3.21. The third-order valence-electron chi connectivity index (χ3n) is 3.83. The topological polar surface area (TPSA) is 122 Å². The summed E-state index contributed by atoms with van der Waals surface area (Å²) in [6.07, 6.45) is 0. The lowest BCUT2D eigenvalue weighted by Crippen LogP contribution is -2.29. The molecule has 0 atom stereocenters. The van der Waals surface area contributed by atoms with Crippen LogP contribution in [0, 0.1) is 0 Å². The number of benzene rings is 2. The van der Waals surface area contributed by atoms with Gasteiger partial charge in [0, 0.05) is 11.1 Å². The highest BCUT2D eigenvalue weighted by atomic mass is 32.2. The smallest absolute Gasteiger partial charge is 0.493 e. The molecule has 0 aliphatic rings. The van der Waals surface area contributed by atoms with E-state index in [-0.39, 0.29) is 0 Å². The van der Waals surface area contributed by atoms with Crippen molar-refractivity contribution in [1.29, 1.82) is 0 Å². The first-order valence-electron chi connectivity index (χ1n) is 8.36. The van der Waals surface area contributed by atoms with Crippen molar-refractivity contribution in [2.45, 2.75) is 11.0 Å². The molecule has 9 nitrogen and oxygen atoms in total. The average molecular weight is 538 g/mol. The number of halogens is 6. The molecule has 0 N–H and O–H groups in total. The SMILES string of the molecule is COC(=O)c1cc(OC)c(OS(=O)(=O)C(F)(F)F)c(-c2ccccc2OS(=O)(=O)C(F)(F)F)c1. The normalized spacial score (nSPS) is 12.7. The van der Waals surface area contributed by atoms with Crippen molar-refractivity contribution in [2.24, 2.45) is 0 Å². The predicted molar refractivity (Wildman–Crippen MR) is 101 cm³/mol. The van der Waals surface area contributed by atoms with E-state index in [2.05, 4.69) is 13.1 Å². The summed E-state index contributed by atoms with van der Waals surface area (Å²) >= 11 is 0. The second-order valence-electron chi connectivity index (χ2n) is 6.01. The van der Waals surface area contributed by atoms with Crippen molar-refractivity contribution in [3.8, 4) is 28.4 Å². The molecule has 0 amide bonds. The molecule has 0 radical (unpaired) electrons. The van der Waals surface area contributed by atoms with Gasteiger partial charge in [0.1, 0.15) is 0 Å². The molecule has 0 saturated carbocycles. The second kappa shape index (κ2) is 9.21. The van der Waals surface area contributed by atoms with E-state index >= 15 is 0 Å². The molecule has 0 aliphatic heterocycles. The highest BCUT2D eigenvalue weighted by Crippen LogP contribution is 2.45. The molecule has 0 fully saturated rings. The predicted octanol–water partition coefficient (Wildman–Crippen LogP) is 3.61. The van der Waals surface area contributed by atoms with Gasteiger partial charge < -0.3 is 17.8 Å². The number of alkyl halides is 6. The molecule has 0 aliphatic carbocycles. The molecule has 0 heterocycles. The largest absolute Gasteiger partial charge is 0.534 e. The third kappa shape index (κ3) is 5.46. The number of carbonyl (C=O) groups excluding carboxylic acids is 1. The maximum absolute atomic E-state index is 12.9. The molecule has 34 heavy (non-hydrogen) atoms. The number of hydrogen-bond acceptors (Lipinski definition) is 9. The van der Waals surface area contributed by atoms with Crippen LogP contribution < -0.4 is 13.1 Å². The van der Waals surface area contributed by atoms with Gasteiger partial charge in [0.2, 0.25) is 0 Å². The summed E-state index contributed by atoms with van der Waals surface area (Å²) in [5, 5.41) is 0. The van der Waals surface area contributed by atoms with Crippen molar-refractivity contribution in [3.05, 3.63) is 42.0 Å². The van der Waals surface area contributed by atoms with Crippen molar-refractivity contribution in [3.63, 3.8) is 0 Å². The maximum Gasteiger partial charge on any atom is 0.534 e. The van der Waals surface area contributed by atoms with Gasteiger partial charge in [-0.15, -0.1) is 0 Å². The third-order valence-corrected chi connectivity index (χ3v) is 5.75. The minimum absolute atomic E-state index is 0.473. The lowest BCUT2D eigenvalue weighted by Gasteiger charge is -2.19. The van der Waals surface area contributed by atoms with Crippen molar-refractivity contribution >= 4 is 26.2 Å². The molecule has 188 valence electrons. The van der Waals surface area contributed by atoms with Crippen LogP contribution in [0.4, 0.5) is 26.3 Å². The van der Waals surface area contributed by atoms with Crippen LogP contribution in [0.1, 0.15) is 10.4 Å². The van der Waals surface area contributed by atoms with Crippen LogP contribution in [0.25, 0.3) is 11.1 Å². The Balaban J connectivity index is 2.89. The summed E-state index contributed by atoms with van der Waals surface area (Å²) in [4.78, 5) is 12.0. The zero-order valence-corrected chi connectivity index (χ0v) is 18.4. The molecule has 0 unspecified atom stereocenters. The van der Waals surface area contributed by atoms with E-state index in [0.717, 1.165) is 38.5 Å². The van der Waals surface area contributed by atoms with Crippen LogP contribution in [0.2, 0.25) is 0 Å². The second-order valence-corrected chi connectivity index (χ2v) is 9.08. The Bertz CT molecular complexity index is 1300. The van der Waals surface area contributed by atoms with Gasteiger partial charge >= 0.3 is 37.2 Å². The van der Waals surface area contributed by atoms with E-state index in [4.69, 9.17) is 4.74 Å². The minimum atomic E-state index is -6.36. The minimum Gasteiger partial charge on any atom is -0.493 e. The Morgan fingerprint density at radius 2 is 1.29 bits per heavy atom. The summed E-state index contributed by atoms with van der Waals surface area (Å²) in [7, 11) is -10.9. The average Bonchev–Trinajstić information content (AvgIpc) is 2.71. The van der Waals surface area contributed by atoms with Gasteiger partial charge in [-0.1, -0.05) is 18.2 Å². The Morgan fingerprint density at radius 1 is 0.765 bits per heavy atom. The fourth-order valence-corrected chi connectivity index (χ4v) is 3.32. The molecule has 2 rings (SSSR count). The Morgan fingerprint density at radius 3 is 1.79 bits per heavy atom. The van der Waals surface area contributed by atoms with E-state index < -0.39 is 71.2 Å². The molecule has 2 aromatic rings. The number of carbonyl (C=O) groups is 1. The van der Waals surface area contributed by atoms with Gasteiger partial charge in [-0.25, -0.2) is 4.79 Å². The van der Waals surface area contributed by atoms with Crippen LogP contribution in [0.15, 0.2) is 36.4 Å². The van der Waals surface area contributed by atoms with Crippen LogP contribution in [-0.4, -0.2) is 48.0 Å². The molecule has 0 aromatic heterocycles. The van der Waals surface area contributed by atoms with E-state index in [1.54, 1.807) is 0 Å². The Labute approximate surface area is 188 Å². The summed E-state index contributed by atoms with van der Waals surface area (Å²) in [6.45, 7) is 0. The number of esters is 1. The van der Waals surface area contributed by atoms with E-state index in [9.17, 15) is 48.0 Å². The van der Waals surface area contributed by atoms with E-state index in [1.165, 1.54) is 0 Å². The van der Waals surface area contributed by atoms with Crippen molar-refractivity contribution in [1.82, 2.24) is 0 Å². The van der Waals surface area contributed by atoms with E-state index in [0.29, 0.717) is 12.1 Å². The fraction of sp³-hybridized carbons (Fsp3) is 0.235. The maximum atomic E-state index is 12.9. The summed E-state index contributed by atoms with van der Waals surface area (Å²) in [6, 6.07) is 5.08. The quantitative estimate of drug-likeness (QED) is 0.225. The molecule has 0 bridgehead atoms. The Kier molecular flexibility index (Phi) is 7.32. The van der Waals surface area contributed by atoms with Crippen molar-refractivity contribution in [2.75, 3.05) is 14.2 Å². The summed E-state index contributed by atoms with van der Waals surface area (Å²) in [5.74, 6) is -4.23. The van der Waals surface area contributed by atoms with Gasteiger partial charge in [-0.2, -0.15) is 43.2 Å². The first-order valence-corrected chi connectivity index (χ1v) is 11.2. The molecule has 17 heteroatoms. The first-order chi connectivity index (χ1) is 15.4. The lowest BCUT2D eigenvalue weighted by atomic mass is 10.00. The zero-order chi connectivity index (χ0) is 26.1. The van der Waals surface area contributed by atoms with Crippen LogP contribution in [0.5, 0.6) is 17.2 Å². The standard InChI is InChI=1S/C17H12F6O9S2/c1-29-13-8-9(15(24)30-2)7-11(14(13)32-34(27,28)17(21,22)23)10-5-3-4-6-12(10)31-33(25,26)16(18,19)20/h3-8H,1-2H3. The first kappa shape index (κ1) is 27.0. The highest BCUT2D eigenvalue weighted by molar-refractivity contribution is 7.88. The number of para-hydroxylation sites is 1. The summed E-state index contributed by atoms with van der Waals surface area (Å²) < 4.78 is 141. The van der Waals surface area contributed by atoms with Gasteiger partial charge in [-0.05, 0) is 18.2 Å². The summed E-state index contributed by atoms with van der Waals surface area (Å²) in [5.41, 5.74) is -13.8. The molecule has 0 spiro atoms. The molecule has 2 aromatic carbocycles. The molecular weight excluding hydrogens is 526 g/mol. The van der Waals surface area contributed by atoms with Crippen molar-refractivity contribution < 1.29 is 65.8 Å². The zero-order valence-electron chi connectivity index (χ0n) is 16.7. The van der Waals surface area contributed by atoms with Gasteiger partial charge in [0.25, 0.3) is 0 Å². The number of ether oxygens (including phenoxy) is 2. The number of hydrogen-bond donors (Lipinski definition) is 0. The highest BCUT2D eigenvalue weighted by Gasteiger charge is 2.50. The van der Waals surface area contributed by atoms with Crippen LogP contribution in [0.3, 0.4) is 0 Å². The molecular formula is C17H12F6O9S2. The fourth-order valence-electron chi connectivity index (χ4n) is 2.36. The molecule has 0 saturated heterocycles. The van der Waals surface area contributed by atoms with Gasteiger partial charge in [0.05, 0.1) is 19.8 Å². The number of rotatable bonds is 7. The number of methoxy groups -OCH3 is 2. The van der Waals surface area contributed by atoms with Gasteiger partial charge in [0.15, 0.2) is 17.2 Å². The van der Waals surface area contributed by atoms with Crippen LogP contribution in [-0.2, 0) is 25.0 Å². The van der Waals surface area contributed by atoms with Gasteiger partial charge in [-0.3, -0.25) is 0 Å². The van der Waals surface area contributed by atoms with E-state index in [1.807, 2.05) is 0 Å². The van der Waals surface area contributed by atoms with Crippen LogP contribution >= 0.6 is 0 Å². The lowest BCUT2D eigenvalue weighted by molar-refractivity contribution is -0.0505. The monoisotopic (exact) mass is 538 g/mol.